The normalized spacial score (nSPS) is 11.2. The SMILES string of the molecule is CC(C)CNCCCc1nnc(-c2ccc(F)cc2)s1. The van der Waals surface area contributed by atoms with Crippen LogP contribution in [-0.2, 0) is 6.42 Å². The Hall–Kier alpha value is -1.33. The van der Waals surface area contributed by atoms with Crippen molar-refractivity contribution in [3.8, 4) is 10.6 Å². The molecule has 0 fully saturated rings. The number of benzene rings is 1. The molecule has 0 saturated heterocycles. The zero-order chi connectivity index (χ0) is 14.4. The van der Waals surface area contributed by atoms with Gasteiger partial charge in [0.25, 0.3) is 0 Å². The zero-order valence-electron chi connectivity index (χ0n) is 11.9. The largest absolute Gasteiger partial charge is 0.316 e. The van der Waals surface area contributed by atoms with Crippen LogP contribution in [0.15, 0.2) is 24.3 Å². The summed E-state index contributed by atoms with van der Waals surface area (Å²) < 4.78 is 12.9. The summed E-state index contributed by atoms with van der Waals surface area (Å²) in [4.78, 5) is 0. The third kappa shape index (κ3) is 4.65. The number of aromatic nitrogens is 2. The van der Waals surface area contributed by atoms with Crippen molar-refractivity contribution < 1.29 is 4.39 Å². The fraction of sp³-hybridized carbons (Fsp3) is 0.467. The van der Waals surface area contributed by atoms with Crippen molar-refractivity contribution in [1.29, 1.82) is 0 Å². The van der Waals surface area contributed by atoms with E-state index in [9.17, 15) is 4.39 Å². The molecule has 1 aromatic carbocycles. The lowest BCUT2D eigenvalue weighted by atomic mass is 10.2. The molecule has 0 saturated carbocycles. The van der Waals surface area contributed by atoms with E-state index < -0.39 is 0 Å². The lowest BCUT2D eigenvalue weighted by Crippen LogP contribution is -2.21. The minimum absolute atomic E-state index is 0.227. The molecule has 0 spiro atoms. The molecule has 1 N–H and O–H groups in total. The smallest absolute Gasteiger partial charge is 0.147 e. The highest BCUT2D eigenvalue weighted by atomic mass is 32.1. The van der Waals surface area contributed by atoms with Crippen molar-refractivity contribution in [2.45, 2.75) is 26.7 Å². The van der Waals surface area contributed by atoms with Crippen molar-refractivity contribution in [3.63, 3.8) is 0 Å². The van der Waals surface area contributed by atoms with Gasteiger partial charge >= 0.3 is 0 Å². The first kappa shape index (κ1) is 15.1. The third-order valence-corrected chi connectivity index (χ3v) is 3.89. The van der Waals surface area contributed by atoms with Crippen LogP contribution >= 0.6 is 11.3 Å². The van der Waals surface area contributed by atoms with Crippen LogP contribution in [0.5, 0.6) is 0 Å². The average molecular weight is 293 g/mol. The van der Waals surface area contributed by atoms with Crippen LogP contribution < -0.4 is 5.32 Å². The molecule has 0 radical (unpaired) electrons. The molecule has 3 nitrogen and oxygen atoms in total. The van der Waals surface area contributed by atoms with Gasteiger partial charge in [0.1, 0.15) is 15.8 Å². The molecule has 1 aromatic heterocycles. The number of nitrogens with zero attached hydrogens (tertiary/aromatic N) is 2. The van der Waals surface area contributed by atoms with Crippen molar-refractivity contribution in [1.82, 2.24) is 15.5 Å². The van der Waals surface area contributed by atoms with Gasteiger partial charge in [0.05, 0.1) is 0 Å². The summed E-state index contributed by atoms with van der Waals surface area (Å²) in [5.41, 5.74) is 0.924. The van der Waals surface area contributed by atoms with Crippen LogP contribution in [0.4, 0.5) is 4.39 Å². The van der Waals surface area contributed by atoms with Gasteiger partial charge < -0.3 is 5.32 Å². The minimum Gasteiger partial charge on any atom is -0.316 e. The fourth-order valence-electron chi connectivity index (χ4n) is 1.82. The molecule has 2 rings (SSSR count). The molecule has 2 aromatic rings. The van der Waals surface area contributed by atoms with Gasteiger partial charge in [-0.3, -0.25) is 0 Å². The topological polar surface area (TPSA) is 37.8 Å². The van der Waals surface area contributed by atoms with E-state index in [0.717, 1.165) is 41.5 Å². The van der Waals surface area contributed by atoms with E-state index in [1.165, 1.54) is 12.1 Å². The number of aryl methyl sites for hydroxylation is 1. The second-order valence-electron chi connectivity index (χ2n) is 5.21. The Balaban J connectivity index is 1.82. The van der Waals surface area contributed by atoms with E-state index in [-0.39, 0.29) is 5.82 Å². The summed E-state index contributed by atoms with van der Waals surface area (Å²) in [6.07, 6.45) is 1.99. The summed E-state index contributed by atoms with van der Waals surface area (Å²) in [7, 11) is 0. The first-order valence-electron chi connectivity index (χ1n) is 6.94. The van der Waals surface area contributed by atoms with Crippen molar-refractivity contribution >= 4 is 11.3 Å². The van der Waals surface area contributed by atoms with Crippen LogP contribution in [0.2, 0.25) is 0 Å². The first-order chi connectivity index (χ1) is 9.65. The van der Waals surface area contributed by atoms with Crippen LogP contribution in [0.25, 0.3) is 10.6 Å². The van der Waals surface area contributed by atoms with Crippen molar-refractivity contribution in [2.24, 2.45) is 5.92 Å². The summed E-state index contributed by atoms with van der Waals surface area (Å²) in [6, 6.07) is 6.38. The van der Waals surface area contributed by atoms with E-state index in [4.69, 9.17) is 0 Å². The molecule has 0 aliphatic heterocycles. The Kier molecular flexibility index (Phi) is 5.61. The molecule has 0 amide bonds. The standard InChI is InChI=1S/C15H20FN3S/c1-11(2)10-17-9-3-4-14-18-19-15(20-14)12-5-7-13(16)8-6-12/h5-8,11,17H,3-4,9-10H2,1-2H3. The second-order valence-corrected chi connectivity index (χ2v) is 6.27. The van der Waals surface area contributed by atoms with Gasteiger partial charge in [0, 0.05) is 12.0 Å². The van der Waals surface area contributed by atoms with Gasteiger partial charge in [-0.05, 0) is 49.7 Å². The van der Waals surface area contributed by atoms with Gasteiger partial charge in [0.2, 0.25) is 0 Å². The minimum atomic E-state index is -0.227. The Bertz CT molecular complexity index is 522. The predicted octanol–water partition coefficient (Wildman–Crippen LogP) is 3.52. The molecule has 0 aliphatic carbocycles. The summed E-state index contributed by atoms with van der Waals surface area (Å²) in [5, 5.41) is 13.7. The molecule has 0 unspecified atom stereocenters. The van der Waals surface area contributed by atoms with Crippen LogP contribution in [-0.4, -0.2) is 23.3 Å². The molecular weight excluding hydrogens is 273 g/mol. The number of hydrogen-bond acceptors (Lipinski definition) is 4. The van der Waals surface area contributed by atoms with E-state index in [1.807, 2.05) is 0 Å². The molecule has 0 atom stereocenters. The van der Waals surface area contributed by atoms with E-state index in [0.29, 0.717) is 5.92 Å². The monoisotopic (exact) mass is 293 g/mol. The zero-order valence-corrected chi connectivity index (χ0v) is 12.7. The van der Waals surface area contributed by atoms with Gasteiger partial charge in [-0.15, -0.1) is 10.2 Å². The summed E-state index contributed by atoms with van der Waals surface area (Å²) >= 11 is 1.58. The quantitative estimate of drug-likeness (QED) is 0.794. The van der Waals surface area contributed by atoms with Crippen molar-refractivity contribution in [3.05, 3.63) is 35.1 Å². The highest BCUT2D eigenvalue weighted by Gasteiger charge is 2.06. The number of halogens is 1. The summed E-state index contributed by atoms with van der Waals surface area (Å²) in [6.45, 7) is 6.46. The van der Waals surface area contributed by atoms with Crippen molar-refractivity contribution in [2.75, 3.05) is 13.1 Å². The van der Waals surface area contributed by atoms with E-state index in [1.54, 1.807) is 23.5 Å². The summed E-state index contributed by atoms with van der Waals surface area (Å²) in [5.74, 6) is 0.455. The first-order valence-corrected chi connectivity index (χ1v) is 7.76. The number of nitrogens with one attached hydrogen (secondary N) is 1. The van der Waals surface area contributed by atoms with Gasteiger partial charge in [0.15, 0.2) is 0 Å². The third-order valence-electron chi connectivity index (χ3n) is 2.85. The Morgan fingerprint density at radius 2 is 1.95 bits per heavy atom. The molecule has 108 valence electrons. The van der Waals surface area contributed by atoms with Gasteiger partial charge in [-0.2, -0.15) is 0 Å². The number of rotatable bonds is 7. The Morgan fingerprint density at radius 3 is 2.65 bits per heavy atom. The molecule has 0 aliphatic rings. The maximum Gasteiger partial charge on any atom is 0.147 e. The fourth-order valence-corrected chi connectivity index (χ4v) is 2.71. The molecular formula is C15H20FN3S. The second kappa shape index (κ2) is 7.45. The van der Waals surface area contributed by atoms with Crippen LogP contribution in [0.1, 0.15) is 25.3 Å². The molecule has 20 heavy (non-hydrogen) atoms. The molecule has 1 heterocycles. The number of hydrogen-bond donors (Lipinski definition) is 1. The van der Waals surface area contributed by atoms with E-state index in [2.05, 4.69) is 29.4 Å². The van der Waals surface area contributed by atoms with Gasteiger partial charge in [-0.1, -0.05) is 25.2 Å². The maximum atomic E-state index is 12.9. The molecule has 5 heteroatoms. The lowest BCUT2D eigenvalue weighted by molar-refractivity contribution is 0.542. The van der Waals surface area contributed by atoms with E-state index >= 15 is 0 Å². The average Bonchev–Trinajstić information content (AvgIpc) is 2.87. The highest BCUT2D eigenvalue weighted by molar-refractivity contribution is 7.14. The Labute approximate surface area is 123 Å². The molecule has 0 bridgehead atoms. The highest BCUT2D eigenvalue weighted by Crippen LogP contribution is 2.24. The lowest BCUT2D eigenvalue weighted by Gasteiger charge is -2.05. The van der Waals surface area contributed by atoms with Crippen LogP contribution in [0, 0.1) is 11.7 Å². The van der Waals surface area contributed by atoms with Crippen LogP contribution in [0.3, 0.4) is 0 Å². The maximum absolute atomic E-state index is 12.9. The Morgan fingerprint density at radius 1 is 1.20 bits per heavy atom. The van der Waals surface area contributed by atoms with Gasteiger partial charge in [-0.25, -0.2) is 4.39 Å². The predicted molar refractivity (Wildman–Crippen MR) is 81.3 cm³/mol.